The SMILES string of the molecule is c1ccc2c(-n3c4ccccc4c4cc(-c5ccc6c7ccccc7n(-c7ccc8c(c7)oc7ccccc78)c6c5)ccc43)cccc2c1.c1ccc2c(-n3c4ccccc4c4cc(-c5ccc6c7ccccc7n(-c7ccc8oc9ccccc9c8c7)c6c5)ccc43)cccc2c1.c1ccc2c(-n3c4ccccc4c4cc(-c5ccc6c7ccccc7n(-c7cccc8c7oc7ccccc78)c6c5)ccc43)cccc2c1. The van der Waals surface area contributed by atoms with Gasteiger partial charge in [0.05, 0.1) is 88.9 Å². The van der Waals surface area contributed by atoms with Gasteiger partial charge in [0.1, 0.15) is 27.9 Å². The molecule has 0 N–H and O–H groups in total. The molecule has 9 nitrogen and oxygen atoms in total. The fraction of sp³-hybridized carbons (Fsp3) is 0. The molecule has 0 spiro atoms. The lowest BCUT2D eigenvalue weighted by atomic mass is 10.0. The Bertz CT molecular complexity index is 11300. The third-order valence-corrected chi connectivity index (χ3v) is 30.9. The first kappa shape index (κ1) is 82.0. The van der Waals surface area contributed by atoms with Gasteiger partial charge in [0.15, 0.2) is 5.58 Å². The first-order valence-electron chi connectivity index (χ1n) is 50.3. The number of hydrogen-bond donors (Lipinski definition) is 0. The summed E-state index contributed by atoms with van der Waals surface area (Å²) in [5.74, 6) is 0. The monoisotopic (exact) mass is 1870 g/mol. The summed E-state index contributed by atoms with van der Waals surface area (Å²) in [7, 11) is 0. The van der Waals surface area contributed by atoms with E-state index in [4.69, 9.17) is 13.3 Å². The lowest BCUT2D eigenvalue weighted by Gasteiger charge is -2.12. The number of furan rings is 3. The van der Waals surface area contributed by atoms with Crippen LogP contribution < -0.4 is 0 Å². The van der Waals surface area contributed by atoms with E-state index in [-0.39, 0.29) is 0 Å². The zero-order valence-corrected chi connectivity index (χ0v) is 79.4. The number of hydrogen-bond acceptors (Lipinski definition) is 3. The molecule has 9 heterocycles. The fourth-order valence-corrected chi connectivity index (χ4v) is 24.3. The van der Waals surface area contributed by atoms with Crippen molar-refractivity contribution < 1.29 is 13.3 Å². The lowest BCUT2D eigenvalue weighted by molar-refractivity contribution is 0.666. The van der Waals surface area contributed by atoms with Crippen LogP contribution in [-0.4, -0.2) is 27.4 Å². The second kappa shape index (κ2) is 32.4. The predicted octanol–water partition coefficient (Wildman–Crippen LogP) is 37.8. The lowest BCUT2D eigenvalue weighted by Crippen LogP contribution is -1.95. The van der Waals surface area contributed by atoms with Crippen molar-refractivity contribution in [3.8, 4) is 67.5 Å². The highest BCUT2D eigenvalue weighted by Gasteiger charge is 2.26. The molecule has 0 amide bonds. The minimum atomic E-state index is 0.897. The summed E-state index contributed by atoms with van der Waals surface area (Å²) >= 11 is 0. The van der Waals surface area contributed by atoms with Crippen LogP contribution in [-0.2, 0) is 0 Å². The van der Waals surface area contributed by atoms with Crippen molar-refractivity contribution in [3.63, 3.8) is 0 Å². The molecule has 0 fully saturated rings. The molecule has 33 rings (SSSR count). The van der Waals surface area contributed by atoms with Gasteiger partial charge in [0.2, 0.25) is 0 Å². The van der Waals surface area contributed by atoms with Gasteiger partial charge < -0.3 is 40.7 Å². The van der Waals surface area contributed by atoms with Crippen LogP contribution in [0.25, 0.3) is 296 Å². The standard InChI is InChI=1S/3C46H28N2O/c1-2-13-32-29(11-1)12-9-20-39(32)47-41-19-7-4-15-34(41)38-27-30(24-26-42(38)47)31-23-25-35-33-14-3-6-18-40(33)48(44(35)28-31)43-21-10-17-37-36-16-5-8-22-45(36)49-46(37)43;1-2-12-33-29(10-1)11-9-18-40(33)48-42-17-7-4-14-35(42)39-26-30(21-25-43(39)48)31-20-23-36-34-13-3-6-16-41(34)47(44(36)27-31)32-22-24-38-37-15-5-8-19-45(37)49-46(38)28-32;1-2-12-33-29(10-1)11-9-18-40(33)48-42-17-7-4-14-35(42)38-26-30(21-24-43(38)48)31-20-23-36-34-13-3-6-16-41(34)47(44(36)27-31)32-22-25-46-39(28-32)37-15-5-8-19-45(37)49-46/h3*1-28H. The molecule has 0 saturated heterocycles. The molecular weight excluding hydrogens is 1790 g/mol. The van der Waals surface area contributed by atoms with Crippen molar-refractivity contribution in [2.45, 2.75) is 0 Å². The van der Waals surface area contributed by atoms with Crippen LogP contribution in [0.15, 0.2) is 523 Å². The quantitative estimate of drug-likeness (QED) is 0.145. The van der Waals surface area contributed by atoms with Crippen LogP contribution in [0.1, 0.15) is 0 Å². The molecule has 9 heteroatoms. The largest absolute Gasteiger partial charge is 0.456 e. The van der Waals surface area contributed by atoms with E-state index in [9.17, 15) is 0 Å². The zero-order valence-electron chi connectivity index (χ0n) is 79.4. The maximum Gasteiger partial charge on any atom is 0.159 e. The second-order valence-corrected chi connectivity index (χ2v) is 38.8. The van der Waals surface area contributed by atoms with E-state index in [1.54, 1.807) is 0 Å². The Morgan fingerprint density at radius 3 is 0.782 bits per heavy atom. The molecule has 0 aliphatic heterocycles. The summed E-state index contributed by atoms with van der Waals surface area (Å²) < 4.78 is 33.5. The second-order valence-electron chi connectivity index (χ2n) is 38.8. The molecule has 684 valence electrons. The molecule has 33 aromatic rings. The van der Waals surface area contributed by atoms with Crippen LogP contribution in [0, 0.1) is 0 Å². The van der Waals surface area contributed by atoms with Gasteiger partial charge in [0.25, 0.3) is 0 Å². The van der Waals surface area contributed by atoms with E-state index in [0.29, 0.717) is 0 Å². The predicted molar refractivity (Wildman–Crippen MR) is 616 cm³/mol. The Balaban J connectivity index is 0.0000000999. The maximum absolute atomic E-state index is 6.55. The summed E-state index contributed by atoms with van der Waals surface area (Å²) in [5.41, 5.74) is 33.7. The minimum Gasteiger partial charge on any atom is -0.456 e. The van der Waals surface area contributed by atoms with Crippen molar-refractivity contribution in [2.75, 3.05) is 0 Å². The number of benzene rings is 24. The van der Waals surface area contributed by atoms with Gasteiger partial charge >= 0.3 is 0 Å². The Kier molecular flexibility index (Phi) is 18.1. The molecule has 0 unspecified atom stereocenters. The summed E-state index contributed by atoms with van der Waals surface area (Å²) in [6.07, 6.45) is 0. The van der Waals surface area contributed by atoms with Gasteiger partial charge in [-0.05, 0) is 213 Å². The van der Waals surface area contributed by atoms with E-state index in [1.165, 1.54) is 203 Å². The van der Waals surface area contributed by atoms with Gasteiger partial charge in [0, 0.05) is 131 Å². The molecule has 0 radical (unpaired) electrons. The van der Waals surface area contributed by atoms with Gasteiger partial charge in [-0.2, -0.15) is 0 Å². The number of rotatable bonds is 9. The molecular formula is C138H84N6O3. The highest BCUT2D eigenvalue weighted by atomic mass is 16.3. The van der Waals surface area contributed by atoms with E-state index in [2.05, 4.69) is 507 Å². The van der Waals surface area contributed by atoms with Crippen LogP contribution in [0.3, 0.4) is 0 Å². The number of para-hydroxylation sites is 10. The van der Waals surface area contributed by atoms with E-state index in [1.807, 2.05) is 30.3 Å². The average Bonchev–Trinajstić information content (AvgIpc) is 1.59. The highest BCUT2D eigenvalue weighted by molar-refractivity contribution is 6.20. The molecule has 147 heavy (non-hydrogen) atoms. The average molecular weight is 1870 g/mol. The van der Waals surface area contributed by atoms with Gasteiger partial charge in [-0.1, -0.05) is 340 Å². The summed E-state index contributed by atoms with van der Waals surface area (Å²) in [6.45, 7) is 0. The van der Waals surface area contributed by atoms with Crippen LogP contribution in [0.2, 0.25) is 0 Å². The number of aromatic nitrogens is 6. The molecule has 0 atom stereocenters. The Morgan fingerprint density at radius 1 is 0.116 bits per heavy atom. The van der Waals surface area contributed by atoms with Gasteiger partial charge in [-0.3, -0.25) is 0 Å². The topological polar surface area (TPSA) is 69.0 Å². The molecule has 9 aromatic heterocycles. The third kappa shape index (κ3) is 12.7. The summed E-state index contributed by atoms with van der Waals surface area (Å²) in [6, 6.07) is 184. The Hall–Kier alpha value is -19.7. The number of nitrogens with zero attached hydrogens (tertiary/aromatic N) is 6. The molecule has 0 saturated carbocycles. The van der Waals surface area contributed by atoms with E-state index < -0.39 is 0 Å². The fourth-order valence-electron chi connectivity index (χ4n) is 24.3. The molecule has 0 bridgehead atoms. The first-order valence-corrected chi connectivity index (χ1v) is 50.3. The highest BCUT2D eigenvalue weighted by Crippen LogP contribution is 2.48. The Morgan fingerprint density at radius 2 is 0.361 bits per heavy atom. The normalized spacial score (nSPS) is 12.1. The summed E-state index contributed by atoms with van der Waals surface area (Å²) in [5, 5.41) is 29.2. The first-order chi connectivity index (χ1) is 72.9. The van der Waals surface area contributed by atoms with E-state index >= 15 is 0 Å². The zero-order chi connectivity index (χ0) is 96.2. The van der Waals surface area contributed by atoms with Crippen LogP contribution in [0.4, 0.5) is 0 Å². The van der Waals surface area contributed by atoms with E-state index in [0.717, 1.165) is 93.9 Å². The van der Waals surface area contributed by atoms with Crippen molar-refractivity contribution in [2.24, 2.45) is 0 Å². The smallest absolute Gasteiger partial charge is 0.159 e. The molecule has 24 aromatic carbocycles. The Labute approximate surface area is 840 Å². The van der Waals surface area contributed by atoms with Crippen molar-refractivity contribution >= 4 is 229 Å². The number of fused-ring (bicyclic) bond motifs is 30. The van der Waals surface area contributed by atoms with Crippen LogP contribution in [0.5, 0.6) is 0 Å². The van der Waals surface area contributed by atoms with Crippen molar-refractivity contribution in [1.29, 1.82) is 0 Å². The van der Waals surface area contributed by atoms with Crippen molar-refractivity contribution in [1.82, 2.24) is 27.4 Å². The third-order valence-electron chi connectivity index (χ3n) is 30.9. The van der Waals surface area contributed by atoms with Gasteiger partial charge in [-0.25, -0.2) is 0 Å². The minimum absolute atomic E-state index is 0.897. The van der Waals surface area contributed by atoms with Gasteiger partial charge in [-0.15, -0.1) is 0 Å². The molecule has 0 aliphatic carbocycles. The maximum atomic E-state index is 6.55. The van der Waals surface area contributed by atoms with Crippen LogP contribution >= 0.6 is 0 Å². The molecule has 0 aliphatic rings. The summed E-state index contributed by atoms with van der Waals surface area (Å²) in [4.78, 5) is 0. The van der Waals surface area contributed by atoms with Crippen molar-refractivity contribution in [3.05, 3.63) is 510 Å².